The molecule has 0 aliphatic heterocycles. The van der Waals surface area contributed by atoms with Gasteiger partial charge in [0.05, 0.1) is 18.9 Å². The number of amides is 2. The van der Waals surface area contributed by atoms with Gasteiger partial charge in [-0.3, -0.25) is 9.59 Å². The third-order valence-corrected chi connectivity index (χ3v) is 4.01. The van der Waals surface area contributed by atoms with Crippen molar-refractivity contribution in [2.75, 3.05) is 17.7 Å². The van der Waals surface area contributed by atoms with Crippen molar-refractivity contribution in [3.8, 4) is 5.75 Å². The van der Waals surface area contributed by atoms with Crippen molar-refractivity contribution in [2.24, 2.45) is 11.8 Å². The van der Waals surface area contributed by atoms with E-state index in [9.17, 15) is 18.4 Å². The number of ether oxygens (including phenoxy) is 1. The van der Waals surface area contributed by atoms with Crippen LogP contribution < -0.4 is 15.4 Å². The van der Waals surface area contributed by atoms with Gasteiger partial charge >= 0.3 is 0 Å². The molecule has 0 radical (unpaired) electrons. The van der Waals surface area contributed by atoms with Crippen LogP contribution in [-0.2, 0) is 9.59 Å². The fourth-order valence-electron chi connectivity index (χ4n) is 2.49. The van der Waals surface area contributed by atoms with E-state index in [1.165, 1.54) is 6.07 Å². The van der Waals surface area contributed by atoms with E-state index < -0.39 is 23.5 Å². The molecule has 1 aliphatic rings. The average Bonchev–Trinajstić information content (AvgIpc) is 3.40. The van der Waals surface area contributed by atoms with Gasteiger partial charge in [0.1, 0.15) is 5.75 Å². The highest BCUT2D eigenvalue weighted by Gasteiger charge is 2.48. The van der Waals surface area contributed by atoms with Crippen LogP contribution in [0.1, 0.15) is 6.42 Å². The third-order valence-electron chi connectivity index (χ3n) is 4.01. The summed E-state index contributed by atoms with van der Waals surface area (Å²) in [7, 11) is 1.55. The second-order valence-electron chi connectivity index (χ2n) is 5.78. The molecular weight excluding hydrogens is 330 g/mol. The SMILES string of the molecule is COc1ccc(NC(=O)C2CC2C(=O)Nc2ccc(F)c(F)c2)cc1. The van der Waals surface area contributed by atoms with Gasteiger partial charge in [-0.25, -0.2) is 8.78 Å². The summed E-state index contributed by atoms with van der Waals surface area (Å²) in [5, 5.41) is 5.23. The number of carbonyl (C=O) groups is 2. The summed E-state index contributed by atoms with van der Waals surface area (Å²) >= 11 is 0. The number of halogens is 2. The minimum atomic E-state index is -1.04. The van der Waals surface area contributed by atoms with Crippen molar-refractivity contribution in [3.05, 3.63) is 54.1 Å². The lowest BCUT2D eigenvalue weighted by atomic mass is 10.2. The molecule has 2 atom stereocenters. The van der Waals surface area contributed by atoms with E-state index in [1.807, 2.05) is 0 Å². The first kappa shape index (κ1) is 16.9. The Kier molecular flexibility index (Phi) is 4.65. The molecule has 2 aromatic carbocycles. The summed E-state index contributed by atoms with van der Waals surface area (Å²) in [6.07, 6.45) is 0.414. The van der Waals surface area contributed by atoms with Crippen LogP contribution in [0.3, 0.4) is 0 Å². The van der Waals surface area contributed by atoms with Gasteiger partial charge in [-0.2, -0.15) is 0 Å². The third kappa shape index (κ3) is 3.93. The van der Waals surface area contributed by atoms with Gasteiger partial charge in [-0.05, 0) is 42.8 Å². The summed E-state index contributed by atoms with van der Waals surface area (Å²) in [6, 6.07) is 9.95. The van der Waals surface area contributed by atoms with Crippen molar-refractivity contribution in [1.29, 1.82) is 0 Å². The largest absolute Gasteiger partial charge is 0.497 e. The maximum Gasteiger partial charge on any atom is 0.228 e. The van der Waals surface area contributed by atoms with E-state index in [0.29, 0.717) is 17.9 Å². The number of benzene rings is 2. The zero-order valence-electron chi connectivity index (χ0n) is 13.4. The normalized spacial score (nSPS) is 18.4. The van der Waals surface area contributed by atoms with Crippen molar-refractivity contribution in [3.63, 3.8) is 0 Å². The van der Waals surface area contributed by atoms with Crippen molar-refractivity contribution < 1.29 is 23.1 Å². The molecular formula is C18H16F2N2O3. The monoisotopic (exact) mass is 346 g/mol. The van der Waals surface area contributed by atoms with Gasteiger partial charge in [0.2, 0.25) is 11.8 Å². The number of hydrogen-bond donors (Lipinski definition) is 2. The first-order valence-corrected chi connectivity index (χ1v) is 7.69. The van der Waals surface area contributed by atoms with Gasteiger partial charge in [-0.1, -0.05) is 0 Å². The Morgan fingerprint density at radius 3 is 2.04 bits per heavy atom. The summed E-state index contributed by atoms with van der Waals surface area (Å²) < 4.78 is 31.1. The molecule has 1 saturated carbocycles. The number of hydrogen-bond acceptors (Lipinski definition) is 3. The van der Waals surface area contributed by atoms with Crippen LogP contribution >= 0.6 is 0 Å². The molecule has 5 nitrogen and oxygen atoms in total. The van der Waals surface area contributed by atoms with Crippen LogP contribution in [0.5, 0.6) is 5.75 Å². The summed E-state index contributed by atoms with van der Waals surface area (Å²) in [6.45, 7) is 0. The van der Waals surface area contributed by atoms with E-state index in [4.69, 9.17) is 4.74 Å². The first-order valence-electron chi connectivity index (χ1n) is 7.69. The molecule has 3 rings (SSSR count). The Labute approximate surface area is 143 Å². The van der Waals surface area contributed by atoms with E-state index in [0.717, 1.165) is 12.1 Å². The topological polar surface area (TPSA) is 67.4 Å². The fraction of sp³-hybridized carbons (Fsp3) is 0.222. The average molecular weight is 346 g/mol. The van der Waals surface area contributed by atoms with E-state index >= 15 is 0 Å². The van der Waals surface area contributed by atoms with Crippen molar-refractivity contribution in [2.45, 2.75) is 6.42 Å². The Morgan fingerprint density at radius 1 is 0.920 bits per heavy atom. The Balaban J connectivity index is 1.54. The molecule has 2 N–H and O–H groups in total. The Bertz CT molecular complexity index is 808. The van der Waals surface area contributed by atoms with Gasteiger partial charge in [0.25, 0.3) is 0 Å². The van der Waals surface area contributed by atoms with Crippen LogP contribution in [0.4, 0.5) is 20.2 Å². The molecule has 2 unspecified atom stereocenters. The predicted molar refractivity (Wildman–Crippen MR) is 88.2 cm³/mol. The Morgan fingerprint density at radius 2 is 1.48 bits per heavy atom. The van der Waals surface area contributed by atoms with Crippen molar-refractivity contribution in [1.82, 2.24) is 0 Å². The molecule has 0 bridgehead atoms. The molecule has 7 heteroatoms. The highest BCUT2D eigenvalue weighted by molar-refractivity contribution is 6.03. The van der Waals surface area contributed by atoms with E-state index in [1.54, 1.807) is 31.4 Å². The standard InChI is InChI=1S/C18H16F2N2O3/c1-25-12-5-2-10(3-6-12)21-17(23)13-9-14(13)18(24)22-11-4-7-15(19)16(20)8-11/h2-8,13-14H,9H2,1H3,(H,21,23)(H,22,24). The van der Waals surface area contributed by atoms with E-state index in [2.05, 4.69) is 10.6 Å². The quantitative estimate of drug-likeness (QED) is 0.874. The summed E-state index contributed by atoms with van der Waals surface area (Å²) in [5.41, 5.74) is 0.766. The van der Waals surface area contributed by atoms with Crippen LogP contribution in [0, 0.1) is 23.5 Å². The molecule has 2 amide bonds. The highest BCUT2D eigenvalue weighted by atomic mass is 19.2. The zero-order valence-corrected chi connectivity index (χ0v) is 13.4. The maximum atomic E-state index is 13.1. The van der Waals surface area contributed by atoms with Crippen LogP contribution in [-0.4, -0.2) is 18.9 Å². The smallest absolute Gasteiger partial charge is 0.228 e. The first-order chi connectivity index (χ1) is 12.0. The van der Waals surface area contributed by atoms with Crippen LogP contribution in [0.2, 0.25) is 0 Å². The number of methoxy groups -OCH3 is 1. The lowest BCUT2D eigenvalue weighted by molar-refractivity contribution is -0.122. The van der Waals surface area contributed by atoms with Gasteiger partial charge in [0.15, 0.2) is 11.6 Å². The number of nitrogens with one attached hydrogen (secondary N) is 2. The van der Waals surface area contributed by atoms with Crippen LogP contribution in [0.25, 0.3) is 0 Å². The molecule has 0 spiro atoms. The fourth-order valence-corrected chi connectivity index (χ4v) is 2.49. The van der Waals surface area contributed by atoms with Gasteiger partial charge in [-0.15, -0.1) is 0 Å². The second kappa shape index (κ2) is 6.88. The summed E-state index contributed by atoms with van der Waals surface area (Å²) in [5.74, 6) is -2.91. The minimum Gasteiger partial charge on any atom is -0.497 e. The van der Waals surface area contributed by atoms with Gasteiger partial charge in [0, 0.05) is 17.4 Å². The lowest BCUT2D eigenvalue weighted by Gasteiger charge is -2.07. The molecule has 0 heterocycles. The molecule has 1 aliphatic carbocycles. The molecule has 25 heavy (non-hydrogen) atoms. The minimum absolute atomic E-state index is 0.158. The number of rotatable bonds is 5. The maximum absolute atomic E-state index is 13.1. The van der Waals surface area contributed by atoms with E-state index in [-0.39, 0.29) is 17.5 Å². The number of carbonyl (C=O) groups excluding carboxylic acids is 2. The predicted octanol–water partition coefficient (Wildman–Crippen LogP) is 3.19. The van der Waals surface area contributed by atoms with Gasteiger partial charge < -0.3 is 15.4 Å². The second-order valence-corrected chi connectivity index (χ2v) is 5.78. The van der Waals surface area contributed by atoms with Crippen LogP contribution in [0.15, 0.2) is 42.5 Å². The molecule has 1 fully saturated rings. The molecule has 0 aromatic heterocycles. The number of anilines is 2. The van der Waals surface area contributed by atoms with Crippen molar-refractivity contribution >= 4 is 23.2 Å². The molecule has 2 aromatic rings. The molecule has 130 valence electrons. The zero-order chi connectivity index (χ0) is 18.0. The lowest BCUT2D eigenvalue weighted by Crippen LogP contribution is -2.20. The Hall–Kier alpha value is -2.96. The highest BCUT2D eigenvalue weighted by Crippen LogP contribution is 2.40. The summed E-state index contributed by atoms with van der Waals surface area (Å²) in [4.78, 5) is 24.3. The molecule has 0 saturated heterocycles.